The Balaban J connectivity index is 2.14. The Labute approximate surface area is 125 Å². The third-order valence-electron chi connectivity index (χ3n) is 3.38. The van der Waals surface area contributed by atoms with Crippen LogP contribution in [0.25, 0.3) is 11.0 Å². The molecule has 1 unspecified atom stereocenters. The van der Waals surface area contributed by atoms with E-state index < -0.39 is 0 Å². The second-order valence-corrected chi connectivity index (χ2v) is 6.05. The molecule has 0 amide bonds. The van der Waals surface area contributed by atoms with Crippen molar-refractivity contribution in [3.05, 3.63) is 30.1 Å². The van der Waals surface area contributed by atoms with Crippen LogP contribution in [-0.4, -0.2) is 27.1 Å². The van der Waals surface area contributed by atoms with E-state index in [9.17, 15) is 0 Å². The normalized spacial score (nSPS) is 12.9. The zero-order chi connectivity index (χ0) is 14.4. The highest BCUT2D eigenvalue weighted by molar-refractivity contribution is 7.99. The molecular weight excluding hydrogens is 268 g/mol. The van der Waals surface area contributed by atoms with Gasteiger partial charge in [-0.2, -0.15) is 11.8 Å². The predicted octanol–water partition coefficient (Wildman–Crippen LogP) is 2.57. The number of nitrogens with two attached hydrogens (primary N) is 1. The minimum absolute atomic E-state index is 0.272. The largest absolute Gasteiger partial charge is 0.328 e. The summed E-state index contributed by atoms with van der Waals surface area (Å²) >= 11 is 1.95. The number of fused-ring (bicyclic) bond motifs is 1. The topological polar surface area (TPSA) is 55.9 Å². The number of benzene rings is 1. The summed E-state index contributed by atoms with van der Waals surface area (Å²) < 4.78 is 2.28. The molecule has 0 saturated carbocycles. The van der Waals surface area contributed by atoms with Gasteiger partial charge in [-0.05, 0) is 31.2 Å². The van der Waals surface area contributed by atoms with Crippen LogP contribution in [0.1, 0.15) is 26.1 Å². The van der Waals surface area contributed by atoms with Gasteiger partial charge in [0.05, 0.1) is 11.0 Å². The third kappa shape index (κ3) is 3.53. The van der Waals surface area contributed by atoms with Crippen molar-refractivity contribution >= 4 is 22.8 Å². The van der Waals surface area contributed by atoms with Crippen LogP contribution in [0, 0.1) is 0 Å². The van der Waals surface area contributed by atoms with E-state index >= 15 is 0 Å². The molecule has 5 heteroatoms. The molecular formula is C15H24N4S. The molecule has 0 bridgehead atoms. The van der Waals surface area contributed by atoms with E-state index in [0.717, 1.165) is 30.1 Å². The first-order valence-electron chi connectivity index (χ1n) is 7.28. The zero-order valence-corrected chi connectivity index (χ0v) is 13.1. The molecule has 0 radical (unpaired) electrons. The molecule has 20 heavy (non-hydrogen) atoms. The summed E-state index contributed by atoms with van der Waals surface area (Å²) in [5.74, 6) is 9.02. The molecule has 1 aromatic heterocycles. The van der Waals surface area contributed by atoms with Gasteiger partial charge < -0.3 is 4.57 Å². The highest BCUT2D eigenvalue weighted by Crippen LogP contribution is 2.18. The zero-order valence-electron chi connectivity index (χ0n) is 12.3. The Morgan fingerprint density at radius 1 is 1.35 bits per heavy atom. The van der Waals surface area contributed by atoms with Gasteiger partial charge in [0.25, 0.3) is 0 Å². The lowest BCUT2D eigenvalue weighted by Crippen LogP contribution is -2.39. The SMILES string of the molecule is CCCSCC(Cc1nc2ccccc2n1CC)NN. The van der Waals surface area contributed by atoms with Gasteiger partial charge in [-0.3, -0.25) is 11.3 Å². The third-order valence-corrected chi connectivity index (χ3v) is 4.72. The quantitative estimate of drug-likeness (QED) is 0.446. The van der Waals surface area contributed by atoms with Crippen molar-refractivity contribution in [3.8, 4) is 0 Å². The number of imidazole rings is 1. The summed E-state index contributed by atoms with van der Waals surface area (Å²) in [4.78, 5) is 4.76. The standard InChI is InChI=1S/C15H24N4S/c1-3-9-20-11-12(18-16)10-15-17-13-7-5-6-8-14(13)19(15)4-2/h5-8,12,18H,3-4,9-11,16H2,1-2H3. The highest BCUT2D eigenvalue weighted by Gasteiger charge is 2.14. The fraction of sp³-hybridized carbons (Fsp3) is 0.533. The van der Waals surface area contributed by atoms with Crippen LogP contribution in [0.15, 0.2) is 24.3 Å². The average molecular weight is 292 g/mol. The molecule has 110 valence electrons. The number of hydrogen-bond acceptors (Lipinski definition) is 4. The molecule has 0 aliphatic carbocycles. The molecule has 3 N–H and O–H groups in total. The number of nitrogens with zero attached hydrogens (tertiary/aromatic N) is 2. The maximum absolute atomic E-state index is 5.69. The molecule has 2 aromatic rings. The fourth-order valence-corrected chi connectivity index (χ4v) is 3.34. The molecule has 0 fully saturated rings. The van der Waals surface area contributed by atoms with Gasteiger partial charge in [0.2, 0.25) is 0 Å². The molecule has 4 nitrogen and oxygen atoms in total. The molecule has 0 spiro atoms. The maximum atomic E-state index is 5.69. The van der Waals surface area contributed by atoms with Crippen molar-refractivity contribution in [3.63, 3.8) is 0 Å². The lowest BCUT2D eigenvalue weighted by atomic mass is 10.2. The van der Waals surface area contributed by atoms with Crippen molar-refractivity contribution in [1.82, 2.24) is 15.0 Å². The smallest absolute Gasteiger partial charge is 0.111 e. The number of nitrogens with one attached hydrogen (secondary N) is 1. The van der Waals surface area contributed by atoms with E-state index in [1.165, 1.54) is 17.7 Å². The van der Waals surface area contributed by atoms with Crippen molar-refractivity contribution in [1.29, 1.82) is 0 Å². The van der Waals surface area contributed by atoms with Crippen molar-refractivity contribution in [2.24, 2.45) is 5.84 Å². The van der Waals surface area contributed by atoms with Crippen LogP contribution >= 0.6 is 11.8 Å². The Morgan fingerprint density at radius 3 is 2.85 bits per heavy atom. The van der Waals surface area contributed by atoms with Gasteiger partial charge in [0.15, 0.2) is 0 Å². The van der Waals surface area contributed by atoms with Crippen molar-refractivity contribution in [2.45, 2.75) is 39.3 Å². The first-order valence-corrected chi connectivity index (χ1v) is 8.43. The van der Waals surface area contributed by atoms with Crippen LogP contribution in [0.2, 0.25) is 0 Å². The number of hydrogen-bond donors (Lipinski definition) is 2. The second-order valence-electron chi connectivity index (χ2n) is 4.90. The number of aromatic nitrogens is 2. The maximum Gasteiger partial charge on any atom is 0.111 e. The Bertz CT molecular complexity index is 538. The number of aryl methyl sites for hydroxylation is 1. The first kappa shape index (κ1) is 15.4. The monoisotopic (exact) mass is 292 g/mol. The van der Waals surface area contributed by atoms with Gasteiger partial charge >= 0.3 is 0 Å². The number of thioether (sulfide) groups is 1. The Kier molecular flexibility index (Phi) is 5.88. The van der Waals surface area contributed by atoms with Gasteiger partial charge in [0.1, 0.15) is 5.82 Å². The summed E-state index contributed by atoms with van der Waals surface area (Å²) in [6.07, 6.45) is 2.07. The minimum atomic E-state index is 0.272. The molecule has 1 heterocycles. The van der Waals surface area contributed by atoms with E-state index in [1.807, 2.05) is 17.8 Å². The van der Waals surface area contributed by atoms with Gasteiger partial charge in [-0.15, -0.1) is 0 Å². The van der Waals surface area contributed by atoms with Crippen LogP contribution in [0.5, 0.6) is 0 Å². The second kappa shape index (κ2) is 7.67. The van der Waals surface area contributed by atoms with Gasteiger partial charge in [0, 0.05) is 24.8 Å². The number of para-hydroxylation sites is 2. The van der Waals surface area contributed by atoms with Crippen molar-refractivity contribution in [2.75, 3.05) is 11.5 Å². The van der Waals surface area contributed by atoms with E-state index in [4.69, 9.17) is 10.8 Å². The fourth-order valence-electron chi connectivity index (χ4n) is 2.39. The Hall–Kier alpha value is -1.04. The van der Waals surface area contributed by atoms with Gasteiger partial charge in [-0.1, -0.05) is 19.1 Å². The van der Waals surface area contributed by atoms with Crippen LogP contribution < -0.4 is 11.3 Å². The summed E-state index contributed by atoms with van der Waals surface area (Å²) in [7, 11) is 0. The number of hydrazine groups is 1. The lowest BCUT2D eigenvalue weighted by molar-refractivity contribution is 0.546. The summed E-state index contributed by atoms with van der Waals surface area (Å²) in [6.45, 7) is 5.30. The van der Waals surface area contributed by atoms with Crippen LogP contribution in [0.3, 0.4) is 0 Å². The Morgan fingerprint density at radius 2 is 2.15 bits per heavy atom. The van der Waals surface area contributed by atoms with Crippen LogP contribution in [-0.2, 0) is 13.0 Å². The summed E-state index contributed by atoms with van der Waals surface area (Å²) in [5, 5.41) is 0. The molecule has 2 rings (SSSR count). The summed E-state index contributed by atoms with van der Waals surface area (Å²) in [6, 6.07) is 8.58. The van der Waals surface area contributed by atoms with Crippen LogP contribution in [0.4, 0.5) is 0 Å². The molecule has 0 saturated heterocycles. The highest BCUT2D eigenvalue weighted by atomic mass is 32.2. The predicted molar refractivity (Wildman–Crippen MR) is 87.8 cm³/mol. The minimum Gasteiger partial charge on any atom is -0.328 e. The lowest BCUT2D eigenvalue weighted by Gasteiger charge is -2.15. The van der Waals surface area contributed by atoms with E-state index in [1.54, 1.807) is 0 Å². The molecule has 1 aromatic carbocycles. The molecule has 0 aliphatic heterocycles. The van der Waals surface area contributed by atoms with Gasteiger partial charge in [-0.25, -0.2) is 4.98 Å². The summed E-state index contributed by atoms with van der Waals surface area (Å²) in [5.41, 5.74) is 5.21. The van der Waals surface area contributed by atoms with Crippen molar-refractivity contribution < 1.29 is 0 Å². The number of rotatable bonds is 8. The molecule has 1 atom stereocenters. The van der Waals surface area contributed by atoms with E-state index in [0.29, 0.717) is 0 Å². The average Bonchev–Trinajstić information content (AvgIpc) is 2.83. The molecule has 0 aliphatic rings. The first-order chi connectivity index (χ1) is 9.80. The van der Waals surface area contributed by atoms with E-state index in [2.05, 4.69) is 42.0 Å². The van der Waals surface area contributed by atoms with E-state index in [-0.39, 0.29) is 6.04 Å².